The maximum Gasteiger partial charge on any atom is 0.0713 e. The summed E-state index contributed by atoms with van der Waals surface area (Å²) in [5.74, 6) is 0. The van der Waals surface area contributed by atoms with Crippen molar-refractivity contribution < 1.29 is 0 Å². The maximum atomic E-state index is 4.25. The van der Waals surface area contributed by atoms with Crippen LogP contribution in [0.3, 0.4) is 0 Å². The molecule has 0 fully saturated rings. The van der Waals surface area contributed by atoms with Gasteiger partial charge in [0.2, 0.25) is 0 Å². The predicted octanol–water partition coefficient (Wildman–Crippen LogP) is 2.37. The maximum absolute atomic E-state index is 4.25. The third-order valence-electron chi connectivity index (χ3n) is 3.33. The van der Waals surface area contributed by atoms with Gasteiger partial charge < -0.3 is 14.6 Å². The summed E-state index contributed by atoms with van der Waals surface area (Å²) < 4.78 is 2.20. The highest BCUT2D eigenvalue weighted by molar-refractivity contribution is 5.66. The van der Waals surface area contributed by atoms with Gasteiger partial charge in [-0.2, -0.15) is 0 Å². The van der Waals surface area contributed by atoms with E-state index in [1.165, 1.54) is 16.8 Å². The molecule has 0 bridgehead atoms. The Labute approximate surface area is 109 Å². The minimum atomic E-state index is 0.951. The third-order valence-corrected chi connectivity index (χ3v) is 3.33. The van der Waals surface area contributed by atoms with Crippen molar-refractivity contribution in [2.75, 3.05) is 27.2 Å². The molecule has 0 aliphatic rings. The second-order valence-corrected chi connectivity index (χ2v) is 4.64. The molecule has 1 N–H and O–H groups in total. The van der Waals surface area contributed by atoms with Crippen molar-refractivity contribution in [3.63, 3.8) is 0 Å². The van der Waals surface area contributed by atoms with E-state index in [0.717, 1.165) is 18.8 Å². The topological polar surface area (TPSA) is 19.7 Å². The zero-order valence-electron chi connectivity index (χ0n) is 11.4. The van der Waals surface area contributed by atoms with Crippen LogP contribution in [0.25, 0.3) is 11.2 Å². The molecule has 0 saturated heterocycles. The smallest absolute Gasteiger partial charge is 0.0713 e. The molecule has 0 radical (unpaired) electrons. The van der Waals surface area contributed by atoms with E-state index in [2.05, 4.69) is 65.6 Å². The first kappa shape index (κ1) is 12.7. The molecule has 96 valence electrons. The van der Waals surface area contributed by atoms with Crippen molar-refractivity contribution in [2.45, 2.75) is 6.92 Å². The van der Waals surface area contributed by atoms with Crippen molar-refractivity contribution in [3.05, 3.63) is 48.3 Å². The lowest BCUT2D eigenvalue weighted by Crippen LogP contribution is -2.26. The monoisotopic (exact) mass is 243 g/mol. The Balaban J connectivity index is 2.37. The van der Waals surface area contributed by atoms with E-state index in [0.29, 0.717) is 0 Å². The highest BCUT2D eigenvalue weighted by Gasteiger charge is 2.11. The van der Waals surface area contributed by atoms with Crippen molar-refractivity contribution in [3.8, 4) is 0 Å². The first-order chi connectivity index (χ1) is 8.65. The Hall–Kier alpha value is -1.74. The quantitative estimate of drug-likeness (QED) is 0.869. The van der Waals surface area contributed by atoms with Crippen LogP contribution in [0.2, 0.25) is 0 Å². The molecule has 18 heavy (non-hydrogen) atoms. The molecule has 0 aliphatic carbocycles. The molecule has 2 rings (SSSR count). The second kappa shape index (κ2) is 5.27. The summed E-state index contributed by atoms with van der Waals surface area (Å²) in [7, 11) is 4.05. The fourth-order valence-corrected chi connectivity index (χ4v) is 2.17. The van der Waals surface area contributed by atoms with Crippen molar-refractivity contribution in [1.29, 1.82) is 0 Å². The zero-order chi connectivity index (χ0) is 13.1. The largest absolute Gasteiger partial charge is 0.372 e. The first-order valence-corrected chi connectivity index (χ1v) is 6.27. The standard InChI is InChI=1S/C15H21N3/c1-12-7-8-14-6-5-10-18(14)15(12)13(2)17(4)11-9-16-3/h5-8,10,16H,2,9,11H2,1,3-4H3. The normalized spacial score (nSPS) is 10.8. The van der Waals surface area contributed by atoms with E-state index in [1.807, 2.05) is 7.05 Å². The summed E-state index contributed by atoms with van der Waals surface area (Å²) >= 11 is 0. The molecule has 0 atom stereocenters. The molecule has 2 aromatic rings. The summed E-state index contributed by atoms with van der Waals surface area (Å²) in [6, 6.07) is 8.48. The van der Waals surface area contributed by atoms with Crippen LogP contribution in [-0.2, 0) is 0 Å². The van der Waals surface area contributed by atoms with Crippen LogP contribution in [0.1, 0.15) is 11.3 Å². The lowest BCUT2D eigenvalue weighted by Gasteiger charge is -2.24. The van der Waals surface area contributed by atoms with Gasteiger partial charge >= 0.3 is 0 Å². The summed E-state index contributed by atoms with van der Waals surface area (Å²) in [6.07, 6.45) is 2.09. The Morgan fingerprint density at radius 3 is 2.89 bits per heavy atom. The SMILES string of the molecule is C=C(c1c(C)ccc2cccn12)N(C)CCNC. The summed E-state index contributed by atoms with van der Waals surface area (Å²) in [5, 5.41) is 3.16. The summed E-state index contributed by atoms with van der Waals surface area (Å²) in [4.78, 5) is 2.19. The lowest BCUT2D eigenvalue weighted by molar-refractivity contribution is 0.471. The van der Waals surface area contributed by atoms with E-state index in [9.17, 15) is 0 Å². The number of likely N-dealkylation sites (N-methyl/N-ethyl adjacent to an activating group) is 2. The number of fused-ring (bicyclic) bond motifs is 1. The van der Waals surface area contributed by atoms with Crippen LogP contribution in [-0.4, -0.2) is 36.5 Å². The van der Waals surface area contributed by atoms with Crippen LogP contribution in [0.5, 0.6) is 0 Å². The van der Waals surface area contributed by atoms with Gasteiger partial charge in [-0.3, -0.25) is 0 Å². The molecule has 2 aromatic heterocycles. The van der Waals surface area contributed by atoms with Crippen LogP contribution in [0, 0.1) is 6.92 Å². The van der Waals surface area contributed by atoms with Gasteiger partial charge in [0.05, 0.1) is 11.4 Å². The van der Waals surface area contributed by atoms with E-state index < -0.39 is 0 Å². The minimum absolute atomic E-state index is 0.951. The van der Waals surface area contributed by atoms with Crippen molar-refractivity contribution >= 4 is 11.2 Å². The highest BCUT2D eigenvalue weighted by atomic mass is 15.1. The molecule has 0 amide bonds. The van der Waals surface area contributed by atoms with Crippen molar-refractivity contribution in [2.24, 2.45) is 0 Å². The number of aromatic nitrogens is 1. The molecule has 0 aliphatic heterocycles. The minimum Gasteiger partial charge on any atom is -0.372 e. The fraction of sp³-hybridized carbons (Fsp3) is 0.333. The van der Waals surface area contributed by atoms with Crippen molar-refractivity contribution in [1.82, 2.24) is 14.6 Å². The van der Waals surface area contributed by atoms with Gasteiger partial charge in [-0.1, -0.05) is 12.6 Å². The third kappa shape index (κ3) is 2.27. The second-order valence-electron chi connectivity index (χ2n) is 4.64. The van der Waals surface area contributed by atoms with Crippen LogP contribution >= 0.6 is 0 Å². The van der Waals surface area contributed by atoms with Gasteiger partial charge in [0, 0.05) is 31.9 Å². The summed E-state index contributed by atoms with van der Waals surface area (Å²) in [6.45, 7) is 8.28. The highest BCUT2D eigenvalue weighted by Crippen LogP contribution is 2.22. The van der Waals surface area contributed by atoms with E-state index >= 15 is 0 Å². The summed E-state index contributed by atoms with van der Waals surface area (Å²) in [5.41, 5.74) is 4.71. The van der Waals surface area contributed by atoms with Gasteiger partial charge in [0.25, 0.3) is 0 Å². The molecule has 2 heterocycles. The fourth-order valence-electron chi connectivity index (χ4n) is 2.17. The number of rotatable bonds is 5. The number of aryl methyl sites for hydroxylation is 1. The zero-order valence-corrected chi connectivity index (χ0v) is 11.4. The number of pyridine rings is 1. The average molecular weight is 243 g/mol. The molecule has 0 saturated carbocycles. The Bertz CT molecular complexity index is 554. The molecule has 0 spiro atoms. The predicted molar refractivity (Wildman–Crippen MR) is 77.7 cm³/mol. The molecule has 0 aromatic carbocycles. The van der Waals surface area contributed by atoms with Crippen LogP contribution in [0.15, 0.2) is 37.0 Å². The molecule has 3 heteroatoms. The Morgan fingerprint density at radius 2 is 2.17 bits per heavy atom. The van der Waals surface area contributed by atoms with Gasteiger partial charge in [0.15, 0.2) is 0 Å². The lowest BCUT2D eigenvalue weighted by atomic mass is 10.1. The van der Waals surface area contributed by atoms with Gasteiger partial charge in [-0.15, -0.1) is 0 Å². The average Bonchev–Trinajstić information content (AvgIpc) is 2.83. The molecule has 3 nitrogen and oxygen atoms in total. The number of hydrogen-bond acceptors (Lipinski definition) is 2. The van der Waals surface area contributed by atoms with Gasteiger partial charge in [-0.05, 0) is 37.7 Å². The Morgan fingerprint density at radius 1 is 1.39 bits per heavy atom. The van der Waals surface area contributed by atoms with Gasteiger partial charge in [-0.25, -0.2) is 0 Å². The first-order valence-electron chi connectivity index (χ1n) is 6.27. The molecule has 0 unspecified atom stereocenters. The Kier molecular flexibility index (Phi) is 3.72. The molecular weight excluding hydrogens is 222 g/mol. The van der Waals surface area contributed by atoms with Gasteiger partial charge in [0.1, 0.15) is 0 Å². The number of nitrogens with zero attached hydrogens (tertiary/aromatic N) is 2. The number of hydrogen-bond donors (Lipinski definition) is 1. The van der Waals surface area contributed by atoms with E-state index in [-0.39, 0.29) is 0 Å². The van der Waals surface area contributed by atoms with Crippen LogP contribution < -0.4 is 5.32 Å². The van der Waals surface area contributed by atoms with Crippen LogP contribution in [0.4, 0.5) is 0 Å². The van der Waals surface area contributed by atoms with E-state index in [4.69, 9.17) is 0 Å². The van der Waals surface area contributed by atoms with E-state index in [1.54, 1.807) is 0 Å². The molecular formula is C15H21N3. The number of nitrogens with one attached hydrogen (secondary N) is 1.